The maximum Gasteiger partial charge on any atom is 0.101 e. The fourth-order valence-electron chi connectivity index (χ4n) is 2.23. The Morgan fingerprint density at radius 2 is 2.41 bits per heavy atom. The van der Waals surface area contributed by atoms with Gasteiger partial charge in [0.15, 0.2) is 0 Å². The quantitative estimate of drug-likeness (QED) is 0.825. The molecule has 1 fully saturated rings. The second kappa shape index (κ2) is 5.17. The lowest BCUT2D eigenvalue weighted by Crippen LogP contribution is -2.46. The number of benzene rings is 1. The van der Waals surface area contributed by atoms with E-state index in [1.54, 1.807) is 0 Å². The molecule has 0 radical (unpaired) electrons. The topological polar surface area (TPSA) is 62.3 Å². The van der Waals surface area contributed by atoms with Crippen LogP contribution in [0.4, 0.5) is 5.69 Å². The predicted molar refractivity (Wildman–Crippen MR) is 66.9 cm³/mol. The Labute approximate surface area is 102 Å². The molecular formula is C13H17N3O. The number of ether oxygens (including phenoxy) is 1. The summed E-state index contributed by atoms with van der Waals surface area (Å²) in [5, 5.41) is 9.16. The Kier molecular flexibility index (Phi) is 3.62. The molecule has 4 heteroatoms. The molecule has 0 aromatic heterocycles. The molecule has 1 aromatic rings. The van der Waals surface area contributed by atoms with E-state index in [0.717, 1.165) is 29.9 Å². The summed E-state index contributed by atoms with van der Waals surface area (Å²) in [6.45, 7) is 4.79. The van der Waals surface area contributed by atoms with E-state index >= 15 is 0 Å². The van der Waals surface area contributed by atoms with Gasteiger partial charge >= 0.3 is 0 Å². The van der Waals surface area contributed by atoms with Gasteiger partial charge in [0, 0.05) is 19.6 Å². The molecule has 2 N–H and O–H groups in total. The number of hydrogen-bond donors (Lipinski definition) is 1. The van der Waals surface area contributed by atoms with Gasteiger partial charge in [0.1, 0.15) is 6.07 Å². The largest absolute Gasteiger partial charge is 0.373 e. The van der Waals surface area contributed by atoms with Gasteiger partial charge < -0.3 is 15.4 Å². The molecule has 0 amide bonds. The van der Waals surface area contributed by atoms with Crippen molar-refractivity contribution in [3.63, 3.8) is 0 Å². The molecule has 2 rings (SSSR count). The fourth-order valence-corrected chi connectivity index (χ4v) is 2.23. The summed E-state index contributed by atoms with van der Waals surface area (Å²) < 4.78 is 5.54. The molecule has 0 saturated carbocycles. The van der Waals surface area contributed by atoms with Gasteiger partial charge in [-0.25, -0.2) is 0 Å². The molecule has 1 aliphatic rings. The SMILES string of the molecule is Cc1cccc(C#N)c1N1CCOC(CN)C1. The van der Waals surface area contributed by atoms with E-state index in [2.05, 4.69) is 11.0 Å². The van der Waals surface area contributed by atoms with E-state index in [9.17, 15) is 0 Å². The van der Waals surface area contributed by atoms with Crippen LogP contribution in [0.25, 0.3) is 0 Å². The zero-order valence-corrected chi connectivity index (χ0v) is 10.0. The van der Waals surface area contributed by atoms with E-state index in [1.165, 1.54) is 0 Å². The van der Waals surface area contributed by atoms with E-state index in [1.807, 2.05) is 25.1 Å². The summed E-state index contributed by atoms with van der Waals surface area (Å²) >= 11 is 0. The maximum absolute atomic E-state index is 9.16. The number of nitrogens with zero attached hydrogens (tertiary/aromatic N) is 2. The van der Waals surface area contributed by atoms with Crippen molar-refractivity contribution in [3.05, 3.63) is 29.3 Å². The van der Waals surface area contributed by atoms with Crippen LogP contribution >= 0.6 is 0 Å². The summed E-state index contributed by atoms with van der Waals surface area (Å²) in [5.41, 5.74) is 8.51. The predicted octanol–water partition coefficient (Wildman–Crippen LogP) is 1.03. The first-order valence-corrected chi connectivity index (χ1v) is 5.82. The molecule has 0 aliphatic carbocycles. The molecule has 1 unspecified atom stereocenters. The number of rotatable bonds is 2. The number of para-hydroxylation sites is 1. The van der Waals surface area contributed by atoms with Crippen LogP contribution in [0.3, 0.4) is 0 Å². The third-order valence-electron chi connectivity index (χ3n) is 3.08. The first-order chi connectivity index (χ1) is 8.26. The summed E-state index contributed by atoms with van der Waals surface area (Å²) in [5.74, 6) is 0. The first kappa shape index (κ1) is 11.9. The zero-order valence-electron chi connectivity index (χ0n) is 10.0. The highest BCUT2D eigenvalue weighted by Gasteiger charge is 2.22. The summed E-state index contributed by atoms with van der Waals surface area (Å²) in [6, 6.07) is 8.05. The van der Waals surface area contributed by atoms with Crippen LogP contribution in [0, 0.1) is 18.3 Å². The van der Waals surface area contributed by atoms with Crippen LogP contribution in [-0.2, 0) is 4.74 Å². The molecule has 1 heterocycles. The average Bonchev–Trinajstić information content (AvgIpc) is 2.38. The highest BCUT2D eigenvalue weighted by Crippen LogP contribution is 2.26. The highest BCUT2D eigenvalue weighted by atomic mass is 16.5. The Balaban J connectivity index is 2.30. The van der Waals surface area contributed by atoms with Crippen LogP contribution in [0.15, 0.2) is 18.2 Å². The average molecular weight is 231 g/mol. The van der Waals surface area contributed by atoms with E-state index in [4.69, 9.17) is 15.7 Å². The molecule has 1 aliphatic heterocycles. The normalized spacial score (nSPS) is 20.1. The Bertz CT molecular complexity index is 439. The van der Waals surface area contributed by atoms with Gasteiger partial charge in [0.25, 0.3) is 0 Å². The minimum Gasteiger partial charge on any atom is -0.373 e. The van der Waals surface area contributed by atoms with Gasteiger partial charge in [-0.1, -0.05) is 12.1 Å². The maximum atomic E-state index is 9.16. The standard InChI is InChI=1S/C13H17N3O/c1-10-3-2-4-11(7-14)13(10)16-5-6-17-12(8-15)9-16/h2-4,12H,5-6,8-9,15H2,1H3. The van der Waals surface area contributed by atoms with Gasteiger partial charge in [0.2, 0.25) is 0 Å². The van der Waals surface area contributed by atoms with Crippen LogP contribution in [-0.4, -0.2) is 32.3 Å². The molecule has 0 spiro atoms. The number of aryl methyl sites for hydroxylation is 1. The molecule has 4 nitrogen and oxygen atoms in total. The summed E-state index contributed by atoms with van der Waals surface area (Å²) in [6.07, 6.45) is 0.0647. The second-order valence-corrected chi connectivity index (χ2v) is 4.26. The van der Waals surface area contributed by atoms with Crippen LogP contribution in [0.2, 0.25) is 0 Å². The van der Waals surface area contributed by atoms with Crippen molar-refractivity contribution in [3.8, 4) is 6.07 Å². The molecule has 17 heavy (non-hydrogen) atoms. The van der Waals surface area contributed by atoms with Crippen molar-refractivity contribution < 1.29 is 4.74 Å². The summed E-state index contributed by atoms with van der Waals surface area (Å²) in [7, 11) is 0. The van der Waals surface area contributed by atoms with E-state index < -0.39 is 0 Å². The Morgan fingerprint density at radius 1 is 1.59 bits per heavy atom. The van der Waals surface area contributed by atoms with E-state index in [-0.39, 0.29) is 6.10 Å². The van der Waals surface area contributed by atoms with Gasteiger partial charge in [-0.15, -0.1) is 0 Å². The molecule has 90 valence electrons. The number of morpholine rings is 1. The van der Waals surface area contributed by atoms with Gasteiger partial charge in [0.05, 0.1) is 24.0 Å². The van der Waals surface area contributed by atoms with Crippen LogP contribution in [0.5, 0.6) is 0 Å². The number of nitriles is 1. The lowest BCUT2D eigenvalue weighted by atomic mass is 10.1. The summed E-state index contributed by atoms with van der Waals surface area (Å²) in [4.78, 5) is 2.20. The minimum absolute atomic E-state index is 0.0647. The van der Waals surface area contributed by atoms with Gasteiger partial charge in [-0.3, -0.25) is 0 Å². The third-order valence-corrected chi connectivity index (χ3v) is 3.08. The molecule has 1 saturated heterocycles. The van der Waals surface area contributed by atoms with Gasteiger partial charge in [-0.05, 0) is 18.6 Å². The number of anilines is 1. The monoisotopic (exact) mass is 231 g/mol. The lowest BCUT2D eigenvalue weighted by molar-refractivity contribution is 0.0465. The van der Waals surface area contributed by atoms with Gasteiger partial charge in [-0.2, -0.15) is 5.26 Å². The molecule has 0 bridgehead atoms. The van der Waals surface area contributed by atoms with Crippen molar-refractivity contribution in [2.45, 2.75) is 13.0 Å². The third kappa shape index (κ3) is 2.41. The Morgan fingerprint density at radius 3 is 3.12 bits per heavy atom. The highest BCUT2D eigenvalue weighted by molar-refractivity contribution is 5.64. The first-order valence-electron chi connectivity index (χ1n) is 5.82. The van der Waals surface area contributed by atoms with Crippen molar-refractivity contribution in [1.29, 1.82) is 5.26 Å². The Hall–Kier alpha value is -1.57. The fraction of sp³-hybridized carbons (Fsp3) is 0.462. The van der Waals surface area contributed by atoms with Crippen molar-refractivity contribution in [2.75, 3.05) is 31.1 Å². The molecule has 1 atom stereocenters. The lowest BCUT2D eigenvalue weighted by Gasteiger charge is -2.35. The number of hydrogen-bond acceptors (Lipinski definition) is 4. The van der Waals surface area contributed by atoms with E-state index in [0.29, 0.717) is 13.2 Å². The molecular weight excluding hydrogens is 214 g/mol. The van der Waals surface area contributed by atoms with Crippen LogP contribution in [0.1, 0.15) is 11.1 Å². The number of nitrogens with two attached hydrogens (primary N) is 1. The smallest absolute Gasteiger partial charge is 0.101 e. The zero-order chi connectivity index (χ0) is 12.3. The minimum atomic E-state index is 0.0647. The van der Waals surface area contributed by atoms with Crippen molar-refractivity contribution in [1.82, 2.24) is 0 Å². The van der Waals surface area contributed by atoms with Crippen LogP contribution < -0.4 is 10.6 Å². The second-order valence-electron chi connectivity index (χ2n) is 4.26. The molecule has 1 aromatic carbocycles. The van der Waals surface area contributed by atoms with Crippen molar-refractivity contribution >= 4 is 5.69 Å². The van der Waals surface area contributed by atoms with Crippen molar-refractivity contribution in [2.24, 2.45) is 5.73 Å².